The standard InChI is InChI=1S/C15H23BrN2/c1-18(14-8-6-13(17)7-9-14)11-10-12-4-2-3-5-15(12)16/h2-5,13-14H,6-11,17H2,1H3. The summed E-state index contributed by atoms with van der Waals surface area (Å²) in [6.45, 7) is 1.13. The van der Waals surface area contributed by atoms with Crippen LogP contribution in [0.15, 0.2) is 28.7 Å². The average molecular weight is 311 g/mol. The summed E-state index contributed by atoms with van der Waals surface area (Å²) in [5.74, 6) is 0. The van der Waals surface area contributed by atoms with Crippen LogP contribution in [0, 0.1) is 0 Å². The predicted molar refractivity (Wildman–Crippen MR) is 80.7 cm³/mol. The fourth-order valence-electron chi connectivity index (χ4n) is 2.72. The molecule has 1 aromatic carbocycles. The van der Waals surface area contributed by atoms with Crippen LogP contribution < -0.4 is 5.73 Å². The van der Waals surface area contributed by atoms with E-state index in [1.54, 1.807) is 0 Å². The van der Waals surface area contributed by atoms with Gasteiger partial charge in [-0.15, -0.1) is 0 Å². The Morgan fingerprint density at radius 1 is 1.22 bits per heavy atom. The predicted octanol–water partition coefficient (Wildman–Crippen LogP) is 3.19. The summed E-state index contributed by atoms with van der Waals surface area (Å²) >= 11 is 3.62. The van der Waals surface area contributed by atoms with Gasteiger partial charge < -0.3 is 10.6 Å². The topological polar surface area (TPSA) is 29.3 Å². The van der Waals surface area contributed by atoms with Crippen molar-refractivity contribution in [2.75, 3.05) is 13.6 Å². The molecular formula is C15H23BrN2. The van der Waals surface area contributed by atoms with Crippen molar-refractivity contribution in [1.29, 1.82) is 0 Å². The molecule has 2 N–H and O–H groups in total. The van der Waals surface area contributed by atoms with E-state index in [9.17, 15) is 0 Å². The highest BCUT2D eigenvalue weighted by atomic mass is 79.9. The van der Waals surface area contributed by atoms with Gasteiger partial charge in [0.2, 0.25) is 0 Å². The van der Waals surface area contributed by atoms with Crippen molar-refractivity contribution in [3.05, 3.63) is 34.3 Å². The third-order valence-electron chi connectivity index (χ3n) is 4.06. The van der Waals surface area contributed by atoms with Gasteiger partial charge in [0.05, 0.1) is 0 Å². The van der Waals surface area contributed by atoms with Crippen LogP contribution in [0.5, 0.6) is 0 Å². The minimum atomic E-state index is 0.443. The summed E-state index contributed by atoms with van der Waals surface area (Å²) in [5.41, 5.74) is 7.36. The molecule has 0 aliphatic heterocycles. The molecular weight excluding hydrogens is 288 g/mol. The zero-order valence-electron chi connectivity index (χ0n) is 11.1. The second kappa shape index (κ2) is 6.69. The smallest absolute Gasteiger partial charge is 0.0207 e. The van der Waals surface area contributed by atoms with Crippen LogP contribution >= 0.6 is 15.9 Å². The van der Waals surface area contributed by atoms with E-state index in [2.05, 4.69) is 52.1 Å². The van der Waals surface area contributed by atoms with Crippen LogP contribution in [0.2, 0.25) is 0 Å². The molecule has 2 rings (SSSR count). The molecule has 1 aliphatic carbocycles. The van der Waals surface area contributed by atoms with Crippen molar-refractivity contribution >= 4 is 15.9 Å². The van der Waals surface area contributed by atoms with E-state index in [1.807, 2.05) is 0 Å². The van der Waals surface area contributed by atoms with Crippen molar-refractivity contribution in [2.24, 2.45) is 5.73 Å². The summed E-state index contributed by atoms with van der Waals surface area (Å²) in [6.07, 6.45) is 6.00. The third-order valence-corrected chi connectivity index (χ3v) is 4.83. The van der Waals surface area contributed by atoms with Crippen LogP contribution in [-0.2, 0) is 6.42 Å². The molecule has 2 nitrogen and oxygen atoms in total. The first kappa shape index (κ1) is 14.0. The van der Waals surface area contributed by atoms with Gasteiger partial charge in [-0.2, -0.15) is 0 Å². The molecule has 0 saturated heterocycles. The second-order valence-corrected chi connectivity index (χ2v) is 6.24. The summed E-state index contributed by atoms with van der Waals surface area (Å²) in [7, 11) is 2.25. The van der Waals surface area contributed by atoms with E-state index >= 15 is 0 Å². The summed E-state index contributed by atoms with van der Waals surface area (Å²) in [5, 5.41) is 0. The van der Waals surface area contributed by atoms with Gasteiger partial charge in [-0.05, 0) is 50.8 Å². The molecule has 1 aliphatic rings. The number of hydrogen-bond acceptors (Lipinski definition) is 2. The lowest BCUT2D eigenvalue weighted by Gasteiger charge is -2.33. The van der Waals surface area contributed by atoms with Crippen molar-refractivity contribution in [3.8, 4) is 0 Å². The van der Waals surface area contributed by atoms with E-state index in [0.29, 0.717) is 6.04 Å². The number of hydrogen-bond donors (Lipinski definition) is 1. The highest BCUT2D eigenvalue weighted by Crippen LogP contribution is 2.22. The number of nitrogens with zero attached hydrogens (tertiary/aromatic N) is 1. The van der Waals surface area contributed by atoms with Gasteiger partial charge in [-0.25, -0.2) is 0 Å². The molecule has 3 heteroatoms. The lowest BCUT2D eigenvalue weighted by molar-refractivity contribution is 0.185. The quantitative estimate of drug-likeness (QED) is 0.925. The molecule has 18 heavy (non-hydrogen) atoms. The first-order valence-corrected chi connectivity index (χ1v) is 7.65. The monoisotopic (exact) mass is 310 g/mol. The maximum absolute atomic E-state index is 5.96. The zero-order valence-corrected chi connectivity index (χ0v) is 12.7. The lowest BCUT2D eigenvalue weighted by Crippen LogP contribution is -2.39. The highest BCUT2D eigenvalue weighted by Gasteiger charge is 2.21. The normalized spacial score (nSPS) is 24.4. The Labute approximate surface area is 119 Å². The minimum absolute atomic E-state index is 0.443. The Morgan fingerprint density at radius 3 is 2.56 bits per heavy atom. The van der Waals surface area contributed by atoms with Gasteiger partial charge in [0.25, 0.3) is 0 Å². The van der Waals surface area contributed by atoms with E-state index in [0.717, 1.165) is 19.0 Å². The van der Waals surface area contributed by atoms with E-state index in [-0.39, 0.29) is 0 Å². The summed E-state index contributed by atoms with van der Waals surface area (Å²) in [6, 6.07) is 9.67. The molecule has 100 valence electrons. The molecule has 1 fully saturated rings. The molecule has 0 bridgehead atoms. The summed E-state index contributed by atoms with van der Waals surface area (Å²) < 4.78 is 1.23. The highest BCUT2D eigenvalue weighted by molar-refractivity contribution is 9.10. The Balaban J connectivity index is 1.81. The molecule has 0 aromatic heterocycles. The van der Waals surface area contributed by atoms with Gasteiger partial charge in [0.1, 0.15) is 0 Å². The summed E-state index contributed by atoms with van der Waals surface area (Å²) in [4.78, 5) is 2.51. The Hall–Kier alpha value is -0.380. The fraction of sp³-hybridized carbons (Fsp3) is 0.600. The molecule has 0 spiro atoms. The van der Waals surface area contributed by atoms with Crippen molar-refractivity contribution < 1.29 is 0 Å². The number of nitrogens with two attached hydrogens (primary N) is 1. The molecule has 0 amide bonds. The van der Waals surface area contributed by atoms with Gasteiger partial charge in [-0.3, -0.25) is 0 Å². The SMILES string of the molecule is CN(CCc1ccccc1Br)C1CCC(N)CC1. The Bertz CT molecular complexity index is 373. The van der Waals surface area contributed by atoms with Crippen LogP contribution in [0.25, 0.3) is 0 Å². The first-order chi connectivity index (χ1) is 8.66. The maximum Gasteiger partial charge on any atom is 0.0207 e. The van der Waals surface area contributed by atoms with Gasteiger partial charge in [0.15, 0.2) is 0 Å². The zero-order chi connectivity index (χ0) is 13.0. The van der Waals surface area contributed by atoms with Gasteiger partial charge in [0, 0.05) is 23.1 Å². The third kappa shape index (κ3) is 3.81. The molecule has 0 radical (unpaired) electrons. The van der Waals surface area contributed by atoms with Crippen LogP contribution in [-0.4, -0.2) is 30.6 Å². The van der Waals surface area contributed by atoms with E-state index < -0.39 is 0 Å². The van der Waals surface area contributed by atoms with Crippen molar-refractivity contribution in [3.63, 3.8) is 0 Å². The average Bonchev–Trinajstić information content (AvgIpc) is 2.38. The Kier molecular flexibility index (Phi) is 5.22. The number of benzene rings is 1. The van der Waals surface area contributed by atoms with Gasteiger partial charge in [-0.1, -0.05) is 34.1 Å². The second-order valence-electron chi connectivity index (χ2n) is 5.39. The Morgan fingerprint density at radius 2 is 1.89 bits per heavy atom. The van der Waals surface area contributed by atoms with Crippen molar-refractivity contribution in [1.82, 2.24) is 4.90 Å². The van der Waals surface area contributed by atoms with Crippen molar-refractivity contribution in [2.45, 2.75) is 44.2 Å². The molecule has 1 saturated carbocycles. The number of likely N-dealkylation sites (N-methyl/N-ethyl adjacent to an activating group) is 1. The first-order valence-electron chi connectivity index (χ1n) is 6.86. The maximum atomic E-state index is 5.96. The van der Waals surface area contributed by atoms with Gasteiger partial charge >= 0.3 is 0 Å². The van der Waals surface area contributed by atoms with Crippen LogP contribution in [0.3, 0.4) is 0 Å². The molecule has 1 aromatic rings. The molecule has 0 unspecified atom stereocenters. The molecule has 0 heterocycles. The number of rotatable bonds is 4. The van der Waals surface area contributed by atoms with E-state index in [1.165, 1.54) is 35.7 Å². The lowest BCUT2D eigenvalue weighted by atomic mass is 9.91. The number of halogens is 1. The fourth-order valence-corrected chi connectivity index (χ4v) is 3.21. The minimum Gasteiger partial charge on any atom is -0.328 e. The van der Waals surface area contributed by atoms with E-state index in [4.69, 9.17) is 5.73 Å². The van der Waals surface area contributed by atoms with Crippen LogP contribution in [0.1, 0.15) is 31.2 Å². The molecule has 0 atom stereocenters. The van der Waals surface area contributed by atoms with Crippen LogP contribution in [0.4, 0.5) is 0 Å². The largest absolute Gasteiger partial charge is 0.328 e.